The number of benzene rings is 3. The van der Waals surface area contributed by atoms with E-state index >= 15 is 0 Å². The Morgan fingerprint density at radius 1 is 0.750 bits per heavy atom. The maximum Gasteiger partial charge on any atom is 0.446 e. The molecule has 2 saturated heterocycles. The van der Waals surface area contributed by atoms with Gasteiger partial charge in [-0.15, -0.1) is 0 Å². The number of methoxy groups -OCH3 is 2. The zero-order valence-corrected chi connectivity index (χ0v) is 42.3. The molecule has 0 radical (unpaired) electrons. The van der Waals surface area contributed by atoms with Crippen LogP contribution in [0.2, 0.25) is 0 Å². The van der Waals surface area contributed by atoms with E-state index in [1.165, 1.54) is 5.69 Å². The van der Waals surface area contributed by atoms with Gasteiger partial charge in [0.2, 0.25) is 6.29 Å². The van der Waals surface area contributed by atoms with Gasteiger partial charge in [-0.2, -0.15) is 23.4 Å². The largest absolute Gasteiger partial charge is 0.497 e. The highest BCUT2D eigenvalue weighted by atomic mass is 19.4. The summed E-state index contributed by atoms with van der Waals surface area (Å²) < 4.78 is 51.8. The number of piperazine rings is 2. The van der Waals surface area contributed by atoms with E-state index in [0.29, 0.717) is 25.5 Å². The van der Waals surface area contributed by atoms with Crippen molar-refractivity contribution in [3.63, 3.8) is 0 Å². The summed E-state index contributed by atoms with van der Waals surface area (Å²) >= 11 is 0. The van der Waals surface area contributed by atoms with Gasteiger partial charge in [0.15, 0.2) is 11.6 Å². The van der Waals surface area contributed by atoms with Crippen LogP contribution in [0.1, 0.15) is 65.9 Å². The summed E-state index contributed by atoms with van der Waals surface area (Å²) in [5, 5.41) is 20.8. The number of nitrogens with zero attached hydrogens (tertiary/aromatic N) is 9. The third-order valence-corrected chi connectivity index (χ3v) is 12.3. The first-order chi connectivity index (χ1) is 34.5. The van der Waals surface area contributed by atoms with Crippen LogP contribution in [-0.4, -0.2) is 125 Å². The number of aromatic nitrogens is 6. The average Bonchev–Trinajstić information content (AvgIpc) is 4.02. The molecule has 0 spiro atoms. The number of hydrogen-bond donors (Lipinski definition) is 3. The lowest BCUT2D eigenvalue weighted by Crippen LogP contribution is -2.50. The normalized spacial score (nSPS) is 14.2. The summed E-state index contributed by atoms with van der Waals surface area (Å²) in [7, 11) is 3.31. The molecule has 7 aromatic rings. The molecule has 386 valence electrons. The molecule has 0 unspecified atom stereocenters. The first-order valence-corrected chi connectivity index (χ1v) is 24.5. The Labute approximate surface area is 417 Å². The fourth-order valence-electron chi connectivity index (χ4n) is 8.60. The highest BCUT2D eigenvalue weighted by Crippen LogP contribution is 2.34. The summed E-state index contributed by atoms with van der Waals surface area (Å²) in [5.74, 6) is 2.75. The number of fused-ring (bicyclic) bond motifs is 6. The molecule has 0 atom stereocenters. The van der Waals surface area contributed by atoms with Gasteiger partial charge in [0.1, 0.15) is 28.1 Å². The van der Waals surface area contributed by atoms with Crippen LogP contribution in [0.15, 0.2) is 67.0 Å². The van der Waals surface area contributed by atoms with Gasteiger partial charge in [0.05, 0.1) is 25.3 Å². The minimum absolute atomic E-state index is 0.256. The summed E-state index contributed by atoms with van der Waals surface area (Å²) in [6, 6.07) is 18.7. The first-order valence-electron chi connectivity index (χ1n) is 24.5. The number of carbonyl (C=O) groups is 2. The number of hydrogen-bond acceptors (Lipinski definition) is 14. The Hall–Kier alpha value is -7.09. The van der Waals surface area contributed by atoms with Crippen molar-refractivity contribution in [2.45, 2.75) is 91.7 Å². The molecule has 2 aliphatic heterocycles. The van der Waals surface area contributed by atoms with Crippen LogP contribution in [0.25, 0.3) is 43.6 Å². The van der Waals surface area contributed by atoms with Crippen LogP contribution in [0, 0.1) is 0 Å². The molecule has 4 aromatic heterocycles. The van der Waals surface area contributed by atoms with Crippen LogP contribution in [0.3, 0.4) is 0 Å². The molecule has 17 nitrogen and oxygen atoms in total. The van der Waals surface area contributed by atoms with Gasteiger partial charge in [-0.05, 0) is 70.0 Å². The van der Waals surface area contributed by atoms with E-state index in [1.807, 2.05) is 48.3 Å². The van der Waals surface area contributed by atoms with E-state index in [9.17, 15) is 18.0 Å². The van der Waals surface area contributed by atoms with Gasteiger partial charge in [0, 0.05) is 129 Å². The summed E-state index contributed by atoms with van der Waals surface area (Å²) in [6.07, 6.45) is 2.71. The van der Waals surface area contributed by atoms with Gasteiger partial charge >= 0.3 is 12.3 Å². The fraction of sp³-hybridized carbons (Fsp3) is 0.462. The molecular weight excluding hydrogens is 930 g/mol. The van der Waals surface area contributed by atoms with Crippen molar-refractivity contribution in [2.24, 2.45) is 0 Å². The van der Waals surface area contributed by atoms with Crippen LogP contribution >= 0.6 is 0 Å². The van der Waals surface area contributed by atoms with Crippen LogP contribution in [0.5, 0.6) is 11.5 Å². The van der Waals surface area contributed by atoms with Crippen molar-refractivity contribution in [3.8, 4) is 11.5 Å². The van der Waals surface area contributed by atoms with Gasteiger partial charge < -0.3 is 45.3 Å². The number of ether oxygens (including phenoxy) is 3. The quantitative estimate of drug-likeness (QED) is 0.0930. The van der Waals surface area contributed by atoms with Gasteiger partial charge in [-0.25, -0.2) is 14.8 Å². The number of nitrogen functional groups attached to an aromatic ring is 1. The molecule has 6 heterocycles. The molecular formula is C52H67F3N12O5. The van der Waals surface area contributed by atoms with E-state index in [-0.39, 0.29) is 6.09 Å². The van der Waals surface area contributed by atoms with Crippen molar-refractivity contribution >= 4 is 79.0 Å². The molecule has 0 bridgehead atoms. The Kier molecular flexibility index (Phi) is 17.2. The summed E-state index contributed by atoms with van der Waals surface area (Å²) in [5.41, 5.74) is 12.5. The zero-order chi connectivity index (χ0) is 51.6. The van der Waals surface area contributed by atoms with Gasteiger partial charge in [-0.3, -0.25) is 14.2 Å². The Morgan fingerprint density at radius 2 is 1.31 bits per heavy atom. The van der Waals surface area contributed by atoms with Gasteiger partial charge in [0.25, 0.3) is 0 Å². The minimum atomic E-state index is -4.64. The molecule has 1 amide bonds. The zero-order valence-electron chi connectivity index (χ0n) is 42.3. The fourth-order valence-corrected chi connectivity index (χ4v) is 8.60. The van der Waals surface area contributed by atoms with Crippen molar-refractivity contribution in [1.82, 2.24) is 39.7 Å². The highest BCUT2D eigenvalue weighted by Gasteiger charge is 2.27. The number of halogens is 3. The van der Waals surface area contributed by atoms with E-state index in [4.69, 9.17) is 34.8 Å². The monoisotopic (exact) mass is 997 g/mol. The molecule has 9 rings (SSSR count). The smallest absolute Gasteiger partial charge is 0.446 e. The van der Waals surface area contributed by atoms with E-state index in [1.54, 1.807) is 19.1 Å². The second-order valence-electron chi connectivity index (χ2n) is 18.8. The SMILES string of the molecule is CCCCn1cc2c(n1)c(N)nc1cc(N3CCNCC3)ccc12.CCCCn1cc2c(n1)c(NCc1ccc(OC)cc1OC)nc1cc(N3CCN(C(=O)OC(C)(C)C)CC3)ccc12.O=CC(F)(F)F. The second kappa shape index (κ2) is 23.4. The summed E-state index contributed by atoms with van der Waals surface area (Å²) in [4.78, 5) is 37.4. The number of aldehydes is 1. The number of pyridine rings is 2. The molecule has 20 heteroatoms. The lowest BCUT2D eigenvalue weighted by Gasteiger charge is -2.36. The predicted octanol–water partition coefficient (Wildman–Crippen LogP) is 9.20. The van der Waals surface area contributed by atoms with Crippen molar-refractivity contribution in [1.29, 1.82) is 0 Å². The second-order valence-corrected chi connectivity index (χ2v) is 18.8. The summed E-state index contributed by atoms with van der Waals surface area (Å²) in [6.45, 7) is 19.1. The number of alkyl halides is 3. The number of rotatable bonds is 13. The standard InChI is InChI=1S/C32H42N6O4.C18H24N6.C2HF3O/c1-7-8-13-38-21-26-25-12-10-23(36-14-16-37(17-15-36)31(39)42-32(2,3)4)18-27(25)34-30(29(26)35-38)33-20-22-9-11-24(40-5)19-28(22)41-6;1-2-3-8-24-12-15-14-5-4-13(23-9-6-20-7-10-23)11-16(14)21-18(19)17(15)22-24;3-2(4,5)1-6/h9-12,18-19,21H,7-8,13-17,20H2,1-6H3,(H,33,34);4-5,11-12,20H,2-3,6-10H2,1H3,(H2,19,21);1H. The van der Waals surface area contributed by atoms with E-state index in [2.05, 4.69) is 93.2 Å². The first kappa shape index (κ1) is 52.7. The lowest BCUT2D eigenvalue weighted by atomic mass is 10.1. The number of nitrogens with two attached hydrogens (primary N) is 1. The molecule has 2 fully saturated rings. The van der Waals surface area contributed by atoms with Gasteiger partial charge in [-0.1, -0.05) is 38.8 Å². The van der Waals surface area contributed by atoms with Crippen LogP contribution in [0.4, 0.5) is 41.0 Å². The van der Waals surface area contributed by atoms with E-state index < -0.39 is 18.1 Å². The Balaban J connectivity index is 0.000000212. The van der Waals surface area contributed by atoms with Crippen molar-refractivity contribution in [2.75, 3.05) is 87.4 Å². The molecule has 3 aromatic carbocycles. The third kappa shape index (κ3) is 13.2. The average molecular weight is 997 g/mol. The minimum Gasteiger partial charge on any atom is -0.497 e. The maximum absolute atomic E-state index is 12.5. The third-order valence-electron chi connectivity index (χ3n) is 12.3. The lowest BCUT2D eigenvalue weighted by molar-refractivity contribution is -0.156. The molecule has 0 saturated carbocycles. The van der Waals surface area contributed by atoms with Crippen molar-refractivity contribution in [3.05, 3.63) is 72.6 Å². The Bertz CT molecular complexity index is 2960. The number of anilines is 4. The molecule has 2 aliphatic rings. The number of nitrogens with one attached hydrogen (secondary N) is 2. The maximum atomic E-state index is 12.5. The molecule has 0 aliphatic carbocycles. The Morgan fingerprint density at radius 3 is 1.85 bits per heavy atom. The van der Waals surface area contributed by atoms with Crippen LogP contribution < -0.4 is 35.6 Å². The topological polar surface area (TPSA) is 183 Å². The predicted molar refractivity (Wildman–Crippen MR) is 278 cm³/mol. The molecule has 72 heavy (non-hydrogen) atoms. The van der Waals surface area contributed by atoms with Crippen molar-refractivity contribution < 1.29 is 37.0 Å². The number of carbonyl (C=O) groups excluding carboxylic acids is 2. The highest BCUT2D eigenvalue weighted by molar-refractivity contribution is 6.10. The number of aryl methyl sites for hydroxylation is 2. The number of unbranched alkanes of at least 4 members (excludes halogenated alkanes) is 2. The van der Waals surface area contributed by atoms with E-state index in [0.717, 1.165) is 150 Å². The number of amides is 1. The molecule has 4 N–H and O–H groups in total. The van der Waals surface area contributed by atoms with Crippen LogP contribution in [-0.2, 0) is 29.2 Å².